The Hall–Kier alpha value is -1.12. The SMILES string of the molecule is C=CC(=O)OCC(=O)CCCCCC. The van der Waals surface area contributed by atoms with Crippen molar-refractivity contribution in [2.75, 3.05) is 6.61 Å². The van der Waals surface area contributed by atoms with Crippen LogP contribution in [0.25, 0.3) is 0 Å². The van der Waals surface area contributed by atoms with Crippen LogP contribution in [0.4, 0.5) is 0 Å². The van der Waals surface area contributed by atoms with Crippen molar-refractivity contribution < 1.29 is 14.3 Å². The van der Waals surface area contributed by atoms with Crippen LogP contribution >= 0.6 is 0 Å². The lowest BCUT2D eigenvalue weighted by molar-refractivity contribution is -0.143. The number of hydrogen-bond acceptors (Lipinski definition) is 3. The highest BCUT2D eigenvalue weighted by atomic mass is 16.5. The molecule has 0 aliphatic rings. The maximum absolute atomic E-state index is 11.1. The fourth-order valence-electron chi connectivity index (χ4n) is 1.03. The van der Waals surface area contributed by atoms with Gasteiger partial charge < -0.3 is 4.74 Å². The Labute approximate surface area is 85.1 Å². The first-order valence-electron chi connectivity index (χ1n) is 5.01. The fraction of sp³-hybridized carbons (Fsp3) is 0.636. The molecule has 14 heavy (non-hydrogen) atoms. The van der Waals surface area contributed by atoms with E-state index >= 15 is 0 Å². The van der Waals surface area contributed by atoms with E-state index in [1.165, 1.54) is 0 Å². The molecule has 0 aliphatic carbocycles. The molecular formula is C11H18O3. The summed E-state index contributed by atoms with van der Waals surface area (Å²) in [5.74, 6) is -0.553. The Kier molecular flexibility index (Phi) is 7.80. The molecule has 0 N–H and O–H groups in total. The van der Waals surface area contributed by atoms with Gasteiger partial charge in [0.2, 0.25) is 0 Å². The van der Waals surface area contributed by atoms with Crippen LogP contribution in [0.15, 0.2) is 12.7 Å². The minimum absolute atomic E-state index is 0.0173. The molecule has 80 valence electrons. The van der Waals surface area contributed by atoms with E-state index < -0.39 is 5.97 Å². The smallest absolute Gasteiger partial charge is 0.330 e. The topological polar surface area (TPSA) is 43.4 Å². The summed E-state index contributed by atoms with van der Waals surface area (Å²) in [4.78, 5) is 21.7. The summed E-state index contributed by atoms with van der Waals surface area (Å²) in [6.45, 7) is 5.24. The molecule has 0 radical (unpaired) electrons. The molecule has 0 unspecified atom stereocenters. The first kappa shape index (κ1) is 12.9. The van der Waals surface area contributed by atoms with Crippen LogP contribution in [0.1, 0.15) is 39.0 Å². The molecule has 3 nitrogen and oxygen atoms in total. The van der Waals surface area contributed by atoms with Crippen LogP contribution in [-0.2, 0) is 14.3 Å². The average Bonchev–Trinajstić information content (AvgIpc) is 2.21. The quantitative estimate of drug-likeness (QED) is 0.341. The third-order valence-electron chi connectivity index (χ3n) is 1.85. The van der Waals surface area contributed by atoms with Gasteiger partial charge in [0.1, 0.15) is 6.61 Å². The number of ether oxygens (including phenoxy) is 1. The van der Waals surface area contributed by atoms with Crippen molar-refractivity contribution in [1.29, 1.82) is 0 Å². The highest BCUT2D eigenvalue weighted by Gasteiger charge is 2.04. The number of esters is 1. The lowest BCUT2D eigenvalue weighted by Gasteiger charge is -2.01. The Morgan fingerprint density at radius 3 is 2.57 bits per heavy atom. The van der Waals surface area contributed by atoms with E-state index in [1.807, 2.05) is 0 Å². The molecule has 0 spiro atoms. The van der Waals surface area contributed by atoms with Crippen LogP contribution in [0.5, 0.6) is 0 Å². The fourth-order valence-corrected chi connectivity index (χ4v) is 1.03. The Bertz CT molecular complexity index is 197. The van der Waals surface area contributed by atoms with Gasteiger partial charge in [0.25, 0.3) is 0 Å². The molecule has 0 heterocycles. The Balaban J connectivity index is 3.37. The van der Waals surface area contributed by atoms with Crippen LogP contribution < -0.4 is 0 Å². The van der Waals surface area contributed by atoms with Crippen LogP contribution in [0, 0.1) is 0 Å². The summed E-state index contributed by atoms with van der Waals surface area (Å²) in [6.07, 6.45) is 5.82. The molecule has 0 rings (SSSR count). The van der Waals surface area contributed by atoms with Crippen molar-refractivity contribution >= 4 is 11.8 Å². The number of hydrogen-bond donors (Lipinski definition) is 0. The lowest BCUT2D eigenvalue weighted by Crippen LogP contribution is -2.11. The zero-order valence-corrected chi connectivity index (χ0v) is 8.75. The number of carbonyl (C=O) groups excluding carboxylic acids is 2. The highest BCUT2D eigenvalue weighted by Crippen LogP contribution is 2.02. The van der Waals surface area contributed by atoms with E-state index in [2.05, 4.69) is 18.2 Å². The minimum atomic E-state index is -0.535. The highest BCUT2D eigenvalue weighted by molar-refractivity contribution is 5.86. The third kappa shape index (κ3) is 7.53. The van der Waals surface area contributed by atoms with Gasteiger partial charge in [0, 0.05) is 12.5 Å². The van der Waals surface area contributed by atoms with Crippen molar-refractivity contribution in [2.24, 2.45) is 0 Å². The predicted molar refractivity (Wildman–Crippen MR) is 54.9 cm³/mol. The van der Waals surface area contributed by atoms with Crippen molar-refractivity contribution in [3.8, 4) is 0 Å². The second-order valence-electron chi connectivity index (χ2n) is 3.16. The van der Waals surface area contributed by atoms with Crippen molar-refractivity contribution in [3.05, 3.63) is 12.7 Å². The second-order valence-corrected chi connectivity index (χ2v) is 3.16. The molecule has 0 amide bonds. The summed E-state index contributed by atoms with van der Waals surface area (Å²) in [5, 5.41) is 0. The van der Waals surface area contributed by atoms with Crippen molar-refractivity contribution in [2.45, 2.75) is 39.0 Å². The van der Waals surface area contributed by atoms with Crippen LogP contribution in [0.3, 0.4) is 0 Å². The van der Waals surface area contributed by atoms with E-state index in [4.69, 9.17) is 0 Å². The van der Waals surface area contributed by atoms with Gasteiger partial charge in [-0.15, -0.1) is 0 Å². The first-order chi connectivity index (χ1) is 6.70. The monoisotopic (exact) mass is 198 g/mol. The summed E-state index contributed by atoms with van der Waals surface area (Å²) in [7, 11) is 0. The van der Waals surface area contributed by atoms with Gasteiger partial charge in [0.15, 0.2) is 5.78 Å². The van der Waals surface area contributed by atoms with E-state index in [0.717, 1.165) is 31.8 Å². The molecule has 0 aromatic heterocycles. The molecule has 0 fully saturated rings. The average molecular weight is 198 g/mol. The zero-order chi connectivity index (χ0) is 10.8. The van der Waals surface area contributed by atoms with Crippen molar-refractivity contribution in [1.82, 2.24) is 0 Å². The summed E-state index contributed by atoms with van der Waals surface area (Å²) < 4.78 is 4.60. The van der Waals surface area contributed by atoms with Gasteiger partial charge in [-0.25, -0.2) is 4.79 Å². The summed E-state index contributed by atoms with van der Waals surface area (Å²) in [6, 6.07) is 0. The first-order valence-corrected chi connectivity index (χ1v) is 5.01. The maximum atomic E-state index is 11.1. The minimum Gasteiger partial charge on any atom is -0.455 e. The molecule has 0 aliphatic heterocycles. The lowest BCUT2D eigenvalue weighted by atomic mass is 10.1. The Morgan fingerprint density at radius 1 is 1.29 bits per heavy atom. The molecule has 0 saturated carbocycles. The Morgan fingerprint density at radius 2 is 2.00 bits per heavy atom. The number of carbonyl (C=O) groups is 2. The summed E-state index contributed by atoms with van der Waals surface area (Å²) in [5.41, 5.74) is 0. The second kappa shape index (κ2) is 8.48. The zero-order valence-electron chi connectivity index (χ0n) is 8.75. The summed E-state index contributed by atoms with van der Waals surface area (Å²) >= 11 is 0. The molecule has 0 aromatic rings. The third-order valence-corrected chi connectivity index (χ3v) is 1.85. The van der Waals surface area contributed by atoms with E-state index in [-0.39, 0.29) is 12.4 Å². The number of ketones is 1. The number of rotatable bonds is 8. The molecule has 0 bridgehead atoms. The maximum Gasteiger partial charge on any atom is 0.330 e. The van der Waals surface area contributed by atoms with Crippen LogP contribution in [-0.4, -0.2) is 18.4 Å². The molecule has 0 aromatic carbocycles. The van der Waals surface area contributed by atoms with E-state index in [9.17, 15) is 9.59 Å². The van der Waals surface area contributed by atoms with Gasteiger partial charge in [-0.2, -0.15) is 0 Å². The molecule has 0 atom stereocenters. The number of Topliss-reactive ketones (excluding diaryl/α,β-unsaturated/α-hetero) is 1. The van der Waals surface area contributed by atoms with Crippen molar-refractivity contribution in [3.63, 3.8) is 0 Å². The molecule has 0 saturated heterocycles. The molecular weight excluding hydrogens is 180 g/mol. The van der Waals surface area contributed by atoms with Gasteiger partial charge in [-0.05, 0) is 6.42 Å². The molecule has 3 heteroatoms. The van der Waals surface area contributed by atoms with Crippen LogP contribution in [0.2, 0.25) is 0 Å². The van der Waals surface area contributed by atoms with Gasteiger partial charge in [0.05, 0.1) is 0 Å². The van der Waals surface area contributed by atoms with Gasteiger partial charge in [-0.1, -0.05) is 32.8 Å². The van der Waals surface area contributed by atoms with Gasteiger partial charge >= 0.3 is 5.97 Å². The largest absolute Gasteiger partial charge is 0.455 e. The normalized spacial score (nSPS) is 9.50. The van der Waals surface area contributed by atoms with Gasteiger partial charge in [-0.3, -0.25) is 4.79 Å². The standard InChI is InChI=1S/C11H18O3/c1-3-5-6-7-8-10(12)9-14-11(13)4-2/h4H,2-3,5-9H2,1H3. The van der Waals surface area contributed by atoms with E-state index in [0.29, 0.717) is 6.42 Å². The van der Waals surface area contributed by atoms with E-state index in [1.54, 1.807) is 0 Å². The predicted octanol–water partition coefficient (Wildman–Crippen LogP) is 2.26. The number of unbranched alkanes of at least 4 members (excludes halogenated alkanes) is 3.